The van der Waals surface area contributed by atoms with Gasteiger partial charge in [-0.1, -0.05) is 0 Å². The van der Waals surface area contributed by atoms with Gasteiger partial charge >= 0.3 is 0 Å². The molecule has 2 atom stereocenters. The summed E-state index contributed by atoms with van der Waals surface area (Å²) in [5.74, 6) is -0.00178. The molecule has 0 aromatic heterocycles. The molecule has 0 bridgehead atoms. The third kappa shape index (κ3) is 5.46. The van der Waals surface area contributed by atoms with Gasteiger partial charge < -0.3 is 15.8 Å². The molecule has 0 aromatic rings. The average molecular weight is 283 g/mol. The van der Waals surface area contributed by atoms with E-state index in [1.165, 1.54) is 0 Å². The molecule has 3 N–H and O–H groups in total. The predicted octanol–water partition coefficient (Wildman–Crippen LogP) is 1.17. The van der Waals surface area contributed by atoms with Gasteiger partial charge in [0, 0.05) is 17.8 Å². The van der Waals surface area contributed by atoms with Gasteiger partial charge in [-0.25, -0.2) is 0 Å². The Bertz CT molecular complexity index is 252. The van der Waals surface area contributed by atoms with Crippen LogP contribution in [0.25, 0.3) is 0 Å². The van der Waals surface area contributed by atoms with E-state index < -0.39 is 0 Å². The quantitative estimate of drug-likeness (QED) is 0.795. The number of hydrogen-bond acceptors (Lipinski definition) is 4. The lowest BCUT2D eigenvalue weighted by Gasteiger charge is -2.23. The van der Waals surface area contributed by atoms with E-state index in [1.807, 2.05) is 6.26 Å². The van der Waals surface area contributed by atoms with Crippen LogP contribution in [0.1, 0.15) is 26.7 Å². The van der Waals surface area contributed by atoms with Crippen molar-refractivity contribution < 1.29 is 9.53 Å². The number of rotatable bonds is 5. The highest BCUT2D eigenvalue weighted by atomic mass is 35.5. The van der Waals surface area contributed by atoms with Crippen molar-refractivity contribution in [2.24, 2.45) is 5.73 Å². The third-order valence-electron chi connectivity index (χ3n) is 2.90. The number of nitrogens with one attached hydrogen (secondary N) is 1. The van der Waals surface area contributed by atoms with Crippen molar-refractivity contribution in [3.05, 3.63) is 0 Å². The summed E-state index contributed by atoms with van der Waals surface area (Å²) in [5.41, 5.74) is 5.50. The van der Waals surface area contributed by atoms with Crippen LogP contribution in [0.3, 0.4) is 0 Å². The zero-order chi connectivity index (χ0) is 12.2. The molecule has 1 aliphatic rings. The number of halogens is 1. The van der Waals surface area contributed by atoms with E-state index in [-0.39, 0.29) is 35.3 Å². The minimum atomic E-state index is -0.300. The van der Waals surface area contributed by atoms with Gasteiger partial charge in [0.1, 0.15) is 6.10 Å². The molecule has 0 saturated carbocycles. The summed E-state index contributed by atoms with van der Waals surface area (Å²) in [7, 11) is 0. The summed E-state index contributed by atoms with van der Waals surface area (Å²) in [6.07, 6.45) is 3.48. The molecule has 0 unspecified atom stereocenters. The Kier molecular flexibility index (Phi) is 7.47. The highest BCUT2D eigenvalue weighted by Crippen LogP contribution is 2.21. The Morgan fingerprint density at radius 2 is 2.18 bits per heavy atom. The van der Waals surface area contributed by atoms with Gasteiger partial charge in [0.05, 0.1) is 6.10 Å². The highest BCUT2D eigenvalue weighted by Gasteiger charge is 2.30. The van der Waals surface area contributed by atoms with E-state index in [1.54, 1.807) is 11.8 Å². The number of amides is 1. The Morgan fingerprint density at radius 3 is 2.65 bits per heavy atom. The first-order valence-electron chi connectivity index (χ1n) is 5.67. The number of nitrogens with two attached hydrogens (primary N) is 1. The third-order valence-corrected chi connectivity index (χ3v) is 4.15. The summed E-state index contributed by atoms with van der Waals surface area (Å²) in [6, 6.07) is 0. The summed E-state index contributed by atoms with van der Waals surface area (Å²) < 4.78 is 5.60. The fourth-order valence-electron chi connectivity index (χ4n) is 1.56. The van der Waals surface area contributed by atoms with Gasteiger partial charge in [-0.2, -0.15) is 11.8 Å². The van der Waals surface area contributed by atoms with Crippen molar-refractivity contribution in [3.63, 3.8) is 0 Å². The molecule has 102 valence electrons. The van der Waals surface area contributed by atoms with E-state index in [4.69, 9.17) is 10.5 Å². The molecule has 1 rings (SSSR count). The zero-order valence-corrected chi connectivity index (χ0v) is 12.3. The van der Waals surface area contributed by atoms with Crippen LogP contribution in [-0.4, -0.2) is 42.2 Å². The minimum absolute atomic E-state index is 0. The van der Waals surface area contributed by atoms with Crippen LogP contribution in [0.4, 0.5) is 0 Å². The lowest BCUT2D eigenvalue weighted by Crippen LogP contribution is -2.41. The number of thioether (sulfide) groups is 1. The predicted molar refractivity (Wildman–Crippen MR) is 74.8 cm³/mol. The smallest absolute Gasteiger partial charge is 0.249 e. The average Bonchev–Trinajstić information content (AvgIpc) is 2.74. The van der Waals surface area contributed by atoms with Crippen LogP contribution < -0.4 is 11.1 Å². The van der Waals surface area contributed by atoms with Gasteiger partial charge in [0.25, 0.3) is 0 Å². The second kappa shape index (κ2) is 7.46. The van der Waals surface area contributed by atoms with Crippen molar-refractivity contribution in [1.82, 2.24) is 5.32 Å². The molecule has 1 aliphatic heterocycles. The van der Waals surface area contributed by atoms with Crippen LogP contribution in [-0.2, 0) is 9.53 Å². The van der Waals surface area contributed by atoms with E-state index in [0.717, 1.165) is 12.8 Å². The molecule has 0 spiro atoms. The topological polar surface area (TPSA) is 64.4 Å². The Hall–Kier alpha value is 0.0300. The van der Waals surface area contributed by atoms with E-state index in [0.29, 0.717) is 13.1 Å². The van der Waals surface area contributed by atoms with E-state index >= 15 is 0 Å². The molecule has 1 fully saturated rings. The van der Waals surface area contributed by atoms with Gasteiger partial charge in [-0.05, 0) is 32.9 Å². The maximum absolute atomic E-state index is 11.8. The lowest BCUT2D eigenvalue weighted by atomic mass is 10.1. The van der Waals surface area contributed by atoms with Crippen LogP contribution in [0.2, 0.25) is 0 Å². The number of ether oxygens (including phenoxy) is 1. The van der Waals surface area contributed by atoms with Gasteiger partial charge in [0.2, 0.25) is 5.91 Å². The van der Waals surface area contributed by atoms with Crippen LogP contribution in [0.15, 0.2) is 0 Å². The Labute approximate surface area is 114 Å². The van der Waals surface area contributed by atoms with Crippen LogP contribution in [0, 0.1) is 0 Å². The molecule has 4 nitrogen and oxygen atoms in total. The molecule has 0 aliphatic carbocycles. The maximum Gasteiger partial charge on any atom is 0.249 e. The van der Waals surface area contributed by atoms with Crippen molar-refractivity contribution >= 4 is 30.1 Å². The highest BCUT2D eigenvalue weighted by molar-refractivity contribution is 7.99. The number of carbonyl (C=O) groups is 1. The normalized spacial score (nSPS) is 24.2. The summed E-state index contributed by atoms with van der Waals surface area (Å²) in [4.78, 5) is 11.8. The molecule has 1 saturated heterocycles. The molecule has 6 heteroatoms. The van der Waals surface area contributed by atoms with Crippen molar-refractivity contribution in [2.45, 2.75) is 43.6 Å². The van der Waals surface area contributed by atoms with E-state index in [9.17, 15) is 4.79 Å². The maximum atomic E-state index is 11.8. The molecule has 0 radical (unpaired) electrons. The fraction of sp³-hybridized carbons (Fsp3) is 0.909. The molecular weight excluding hydrogens is 260 g/mol. The second-order valence-electron chi connectivity index (χ2n) is 4.74. The Morgan fingerprint density at radius 1 is 1.53 bits per heavy atom. The standard InChI is InChI=1S/C11H22N2O2S.ClH/c1-11(2,16-3)7-13-10(14)9-5-4-8(6-12)15-9;/h8-9H,4-7,12H2,1-3H3,(H,13,14);1H/t8-,9+;/m1./s1. The minimum Gasteiger partial charge on any atom is -0.364 e. The lowest BCUT2D eigenvalue weighted by molar-refractivity contribution is -0.131. The summed E-state index contributed by atoms with van der Waals surface area (Å²) >= 11 is 1.74. The molecule has 1 amide bonds. The number of hydrogen-bond donors (Lipinski definition) is 2. The van der Waals surface area contributed by atoms with E-state index in [2.05, 4.69) is 19.2 Å². The second-order valence-corrected chi connectivity index (χ2v) is 6.25. The zero-order valence-electron chi connectivity index (χ0n) is 10.7. The van der Waals surface area contributed by atoms with Crippen molar-refractivity contribution in [1.29, 1.82) is 0 Å². The Balaban J connectivity index is 0.00000256. The summed E-state index contributed by atoms with van der Waals surface area (Å²) in [6.45, 7) is 5.38. The molecular formula is C11H23ClN2O2S. The monoisotopic (exact) mass is 282 g/mol. The number of carbonyl (C=O) groups excluding carboxylic acids is 1. The largest absolute Gasteiger partial charge is 0.364 e. The van der Waals surface area contributed by atoms with Crippen LogP contribution >= 0.6 is 24.2 Å². The van der Waals surface area contributed by atoms with Gasteiger partial charge in [0.15, 0.2) is 0 Å². The SMILES string of the molecule is CSC(C)(C)CNC(=O)[C@@H]1CC[C@H](CN)O1.Cl. The van der Waals surface area contributed by atoms with Gasteiger partial charge in [-0.15, -0.1) is 12.4 Å². The van der Waals surface area contributed by atoms with Crippen molar-refractivity contribution in [2.75, 3.05) is 19.3 Å². The fourth-order valence-corrected chi connectivity index (χ4v) is 1.77. The summed E-state index contributed by atoms with van der Waals surface area (Å²) in [5, 5.41) is 2.93. The van der Waals surface area contributed by atoms with Gasteiger partial charge in [-0.3, -0.25) is 4.79 Å². The van der Waals surface area contributed by atoms with Crippen LogP contribution in [0.5, 0.6) is 0 Å². The molecule has 17 heavy (non-hydrogen) atoms. The first kappa shape index (κ1) is 17.0. The molecule has 1 heterocycles. The first-order valence-corrected chi connectivity index (χ1v) is 6.89. The first-order chi connectivity index (χ1) is 7.48. The van der Waals surface area contributed by atoms with Crippen molar-refractivity contribution in [3.8, 4) is 0 Å². The molecule has 0 aromatic carbocycles.